The number of hydrogen-bond donors (Lipinski definition) is 1. The van der Waals surface area contributed by atoms with E-state index in [4.69, 9.17) is 0 Å². The Bertz CT molecular complexity index is 724. The van der Waals surface area contributed by atoms with E-state index in [1.807, 2.05) is 0 Å². The molecule has 0 spiro atoms. The molecule has 1 aliphatic heterocycles. The molecule has 1 aromatic carbocycles. The summed E-state index contributed by atoms with van der Waals surface area (Å²) in [6.07, 6.45) is -2.21. The van der Waals surface area contributed by atoms with E-state index >= 15 is 0 Å². The number of nitrogens with zero attached hydrogens (tertiary/aromatic N) is 1. The number of anilines is 1. The van der Waals surface area contributed by atoms with Crippen molar-refractivity contribution in [2.45, 2.75) is 6.29 Å². The first kappa shape index (κ1) is 13.7. The van der Waals surface area contributed by atoms with Crippen molar-refractivity contribution in [1.82, 2.24) is 4.98 Å². The average molecular weight is 357 g/mol. The van der Waals surface area contributed by atoms with Crippen LogP contribution in [0.3, 0.4) is 0 Å². The van der Waals surface area contributed by atoms with Crippen molar-refractivity contribution in [3.05, 3.63) is 46.7 Å². The Hall–Kier alpha value is -2.22. The van der Waals surface area contributed by atoms with Crippen LogP contribution in [-0.2, 0) is 0 Å². The van der Waals surface area contributed by atoms with Crippen LogP contribution in [0.15, 0.2) is 41.0 Å². The van der Waals surface area contributed by atoms with Crippen molar-refractivity contribution in [3.8, 4) is 11.5 Å². The van der Waals surface area contributed by atoms with Crippen molar-refractivity contribution in [3.63, 3.8) is 0 Å². The van der Waals surface area contributed by atoms with Gasteiger partial charge in [0.25, 0.3) is 5.91 Å². The SMILES string of the molecule is O=C(Nc1ccc2c(c1)OC(F)(F)O2)c1ncccc1Br. The largest absolute Gasteiger partial charge is 0.586 e. The number of fused-ring (bicyclic) bond motifs is 1. The number of halogens is 3. The Morgan fingerprint density at radius 1 is 1.24 bits per heavy atom. The van der Waals surface area contributed by atoms with Crippen LogP contribution in [0.1, 0.15) is 10.5 Å². The summed E-state index contributed by atoms with van der Waals surface area (Å²) in [5, 5.41) is 2.54. The zero-order chi connectivity index (χ0) is 15.0. The van der Waals surface area contributed by atoms with Gasteiger partial charge in [-0.15, -0.1) is 8.78 Å². The van der Waals surface area contributed by atoms with Gasteiger partial charge in [0, 0.05) is 22.4 Å². The molecule has 2 heterocycles. The molecule has 0 saturated heterocycles. The third-order valence-electron chi connectivity index (χ3n) is 2.63. The van der Waals surface area contributed by atoms with Gasteiger partial charge in [0.1, 0.15) is 5.69 Å². The Morgan fingerprint density at radius 3 is 2.76 bits per heavy atom. The zero-order valence-corrected chi connectivity index (χ0v) is 11.9. The third-order valence-corrected chi connectivity index (χ3v) is 3.27. The number of benzene rings is 1. The van der Waals surface area contributed by atoms with Crippen LogP contribution >= 0.6 is 15.9 Å². The molecule has 2 aromatic rings. The van der Waals surface area contributed by atoms with E-state index in [0.717, 1.165) is 0 Å². The quantitative estimate of drug-likeness (QED) is 0.895. The maximum Gasteiger partial charge on any atom is 0.586 e. The fourth-order valence-electron chi connectivity index (χ4n) is 1.77. The molecule has 1 aliphatic rings. The van der Waals surface area contributed by atoms with Gasteiger partial charge < -0.3 is 14.8 Å². The molecule has 0 fully saturated rings. The Labute approximate surface area is 126 Å². The van der Waals surface area contributed by atoms with Crippen LogP contribution in [0.5, 0.6) is 11.5 Å². The van der Waals surface area contributed by atoms with Crippen molar-refractivity contribution in [2.24, 2.45) is 0 Å². The average Bonchev–Trinajstić information content (AvgIpc) is 2.72. The van der Waals surface area contributed by atoms with Gasteiger partial charge in [0.2, 0.25) is 0 Å². The normalized spacial score (nSPS) is 14.8. The number of nitrogens with one attached hydrogen (secondary N) is 1. The molecule has 1 amide bonds. The number of carbonyl (C=O) groups is 1. The van der Waals surface area contributed by atoms with Gasteiger partial charge in [-0.3, -0.25) is 4.79 Å². The van der Waals surface area contributed by atoms with E-state index in [1.54, 1.807) is 12.1 Å². The molecule has 1 N–H and O–H groups in total. The molecule has 0 aliphatic carbocycles. The topological polar surface area (TPSA) is 60.5 Å². The standard InChI is InChI=1S/C13H7BrF2N2O3/c14-8-2-1-5-17-11(8)12(19)18-7-3-4-9-10(6-7)21-13(15,16)20-9/h1-6H,(H,18,19). The zero-order valence-electron chi connectivity index (χ0n) is 10.3. The molecule has 5 nitrogen and oxygen atoms in total. The van der Waals surface area contributed by atoms with Crippen LogP contribution in [0.4, 0.5) is 14.5 Å². The molecule has 0 atom stereocenters. The van der Waals surface area contributed by atoms with E-state index in [1.165, 1.54) is 24.4 Å². The van der Waals surface area contributed by atoms with Crippen LogP contribution in [0.25, 0.3) is 0 Å². The highest BCUT2D eigenvalue weighted by Crippen LogP contribution is 2.42. The summed E-state index contributed by atoms with van der Waals surface area (Å²) >= 11 is 3.21. The van der Waals surface area contributed by atoms with Gasteiger partial charge in [-0.25, -0.2) is 4.98 Å². The molecule has 0 bridgehead atoms. The lowest BCUT2D eigenvalue weighted by Crippen LogP contribution is -2.25. The van der Waals surface area contributed by atoms with Crippen LogP contribution < -0.4 is 14.8 Å². The Morgan fingerprint density at radius 2 is 2.00 bits per heavy atom. The Balaban J connectivity index is 1.81. The molecular weight excluding hydrogens is 350 g/mol. The van der Waals surface area contributed by atoms with Crippen LogP contribution in [-0.4, -0.2) is 17.2 Å². The highest BCUT2D eigenvalue weighted by Gasteiger charge is 2.43. The lowest BCUT2D eigenvalue weighted by atomic mass is 10.2. The molecule has 0 unspecified atom stereocenters. The minimum Gasteiger partial charge on any atom is -0.395 e. The second kappa shape index (κ2) is 4.96. The first-order valence-electron chi connectivity index (χ1n) is 5.76. The van der Waals surface area contributed by atoms with Gasteiger partial charge in [-0.2, -0.15) is 0 Å². The summed E-state index contributed by atoms with van der Waals surface area (Å²) in [5.74, 6) is -0.706. The van der Waals surface area contributed by atoms with Gasteiger partial charge >= 0.3 is 6.29 Å². The summed E-state index contributed by atoms with van der Waals surface area (Å²) < 4.78 is 34.9. The van der Waals surface area contributed by atoms with E-state index < -0.39 is 12.2 Å². The number of carbonyl (C=O) groups excluding carboxylic acids is 1. The third kappa shape index (κ3) is 2.80. The molecule has 108 valence electrons. The second-order valence-electron chi connectivity index (χ2n) is 4.12. The fourth-order valence-corrected chi connectivity index (χ4v) is 2.20. The number of ether oxygens (including phenoxy) is 2. The minimum absolute atomic E-state index is 0.0861. The maximum absolute atomic E-state index is 12.9. The Kier molecular flexibility index (Phi) is 3.25. The maximum atomic E-state index is 12.9. The number of aromatic nitrogens is 1. The molecule has 0 radical (unpaired) electrons. The van der Waals surface area contributed by atoms with E-state index in [9.17, 15) is 13.6 Å². The highest BCUT2D eigenvalue weighted by atomic mass is 79.9. The van der Waals surface area contributed by atoms with Gasteiger partial charge in [-0.05, 0) is 40.2 Å². The summed E-state index contributed by atoms with van der Waals surface area (Å²) in [4.78, 5) is 16.0. The van der Waals surface area contributed by atoms with Gasteiger partial charge in [0.05, 0.1) is 0 Å². The number of pyridine rings is 1. The number of alkyl halides is 2. The minimum atomic E-state index is -3.69. The van der Waals surface area contributed by atoms with Gasteiger partial charge in [-0.1, -0.05) is 0 Å². The smallest absolute Gasteiger partial charge is 0.395 e. The van der Waals surface area contributed by atoms with Crippen LogP contribution in [0.2, 0.25) is 0 Å². The second-order valence-corrected chi connectivity index (χ2v) is 4.97. The summed E-state index contributed by atoms with van der Waals surface area (Å²) in [7, 11) is 0. The highest BCUT2D eigenvalue weighted by molar-refractivity contribution is 9.10. The first-order chi connectivity index (χ1) is 9.94. The van der Waals surface area contributed by atoms with Crippen molar-refractivity contribution in [2.75, 3.05) is 5.32 Å². The van der Waals surface area contributed by atoms with Crippen molar-refractivity contribution >= 4 is 27.5 Å². The molecule has 21 heavy (non-hydrogen) atoms. The predicted molar refractivity (Wildman–Crippen MR) is 72.5 cm³/mol. The van der Waals surface area contributed by atoms with E-state index in [0.29, 0.717) is 4.47 Å². The molecule has 8 heteroatoms. The lowest BCUT2D eigenvalue weighted by Gasteiger charge is -2.06. The monoisotopic (exact) mass is 356 g/mol. The summed E-state index contributed by atoms with van der Waals surface area (Å²) in [6, 6.07) is 7.31. The van der Waals surface area contributed by atoms with Crippen molar-refractivity contribution < 1.29 is 23.0 Å². The molecule has 3 rings (SSSR count). The van der Waals surface area contributed by atoms with E-state index in [2.05, 4.69) is 35.7 Å². The molecule has 0 saturated carbocycles. The number of hydrogen-bond acceptors (Lipinski definition) is 4. The number of rotatable bonds is 2. The first-order valence-corrected chi connectivity index (χ1v) is 6.56. The number of amides is 1. The summed E-state index contributed by atoms with van der Waals surface area (Å²) in [5.41, 5.74) is 0.470. The lowest BCUT2D eigenvalue weighted by molar-refractivity contribution is -0.286. The van der Waals surface area contributed by atoms with Crippen molar-refractivity contribution in [1.29, 1.82) is 0 Å². The molecular formula is C13H7BrF2N2O3. The fraction of sp³-hybridized carbons (Fsp3) is 0.0769. The predicted octanol–water partition coefficient (Wildman–Crippen LogP) is 3.42. The molecule has 1 aromatic heterocycles. The van der Waals surface area contributed by atoms with Crippen LogP contribution in [0, 0.1) is 0 Å². The summed E-state index contributed by atoms with van der Waals surface area (Å²) in [6.45, 7) is 0. The van der Waals surface area contributed by atoms with Gasteiger partial charge in [0.15, 0.2) is 11.5 Å². The van der Waals surface area contributed by atoms with E-state index in [-0.39, 0.29) is 22.9 Å².